The van der Waals surface area contributed by atoms with Crippen LogP contribution in [0.4, 0.5) is 0 Å². The van der Waals surface area contributed by atoms with Crippen LogP contribution in [0.3, 0.4) is 0 Å². The molecule has 0 saturated heterocycles. The third-order valence-corrected chi connectivity index (χ3v) is 2.75. The number of ether oxygens (including phenoxy) is 1. The number of Topliss-reactive ketones (excluding diaryl/α,β-unsaturated/α-hetero) is 1. The van der Waals surface area contributed by atoms with Crippen molar-refractivity contribution in [1.82, 2.24) is 0 Å². The van der Waals surface area contributed by atoms with Gasteiger partial charge in [0.25, 0.3) is 0 Å². The van der Waals surface area contributed by atoms with Gasteiger partial charge in [0.05, 0.1) is 6.61 Å². The van der Waals surface area contributed by atoms with Gasteiger partial charge in [-0.25, -0.2) is 0 Å². The summed E-state index contributed by atoms with van der Waals surface area (Å²) in [4.78, 5) is 23.6. The zero-order chi connectivity index (χ0) is 11.3. The predicted octanol–water partition coefficient (Wildman–Crippen LogP) is 2.26. The molecule has 0 heterocycles. The number of carbonyl (C=O) groups is 2. The van der Waals surface area contributed by atoms with Crippen molar-refractivity contribution in [3.05, 3.63) is 12.2 Å². The summed E-state index contributed by atoms with van der Waals surface area (Å²) in [6, 6.07) is 0. The molecule has 0 bridgehead atoms. The third kappa shape index (κ3) is 2.67. The van der Waals surface area contributed by atoms with Gasteiger partial charge in [0.1, 0.15) is 5.41 Å². The molecular formula is C12H18O3. The van der Waals surface area contributed by atoms with Gasteiger partial charge in [0, 0.05) is 6.42 Å². The van der Waals surface area contributed by atoms with E-state index < -0.39 is 11.4 Å². The maximum absolute atomic E-state index is 11.9. The Kier molecular flexibility index (Phi) is 4.06. The maximum Gasteiger partial charge on any atom is 0.323 e. The first-order chi connectivity index (χ1) is 7.11. The zero-order valence-corrected chi connectivity index (χ0v) is 9.41. The van der Waals surface area contributed by atoms with Gasteiger partial charge in [-0.3, -0.25) is 9.59 Å². The Hall–Kier alpha value is -1.12. The van der Waals surface area contributed by atoms with E-state index >= 15 is 0 Å². The normalized spacial score (nSPS) is 29.1. The highest BCUT2D eigenvalue weighted by Crippen LogP contribution is 2.27. The third-order valence-electron chi connectivity index (χ3n) is 2.75. The average Bonchev–Trinajstić information content (AvgIpc) is 2.20. The van der Waals surface area contributed by atoms with E-state index in [4.69, 9.17) is 4.74 Å². The summed E-state index contributed by atoms with van der Waals surface area (Å²) in [7, 11) is 0. The van der Waals surface area contributed by atoms with E-state index in [1.54, 1.807) is 19.9 Å². The Morgan fingerprint density at radius 2 is 2.27 bits per heavy atom. The Labute approximate surface area is 90.5 Å². The zero-order valence-electron chi connectivity index (χ0n) is 9.41. The summed E-state index contributed by atoms with van der Waals surface area (Å²) in [5.74, 6) is -0.454. The molecule has 1 rings (SSSR count). The Bertz CT molecular complexity index is 281. The van der Waals surface area contributed by atoms with Gasteiger partial charge in [0.2, 0.25) is 0 Å². The quantitative estimate of drug-likeness (QED) is 0.399. The van der Waals surface area contributed by atoms with Crippen molar-refractivity contribution in [2.75, 3.05) is 6.61 Å². The first-order valence-electron chi connectivity index (χ1n) is 5.49. The van der Waals surface area contributed by atoms with Crippen LogP contribution >= 0.6 is 0 Å². The van der Waals surface area contributed by atoms with E-state index in [1.807, 2.05) is 6.08 Å². The lowest BCUT2D eigenvalue weighted by Gasteiger charge is -2.23. The topological polar surface area (TPSA) is 43.4 Å². The highest BCUT2D eigenvalue weighted by molar-refractivity contribution is 6.05. The summed E-state index contributed by atoms with van der Waals surface area (Å²) < 4.78 is 4.94. The monoisotopic (exact) mass is 210 g/mol. The predicted molar refractivity (Wildman–Crippen MR) is 57.4 cm³/mol. The molecule has 15 heavy (non-hydrogen) atoms. The van der Waals surface area contributed by atoms with Crippen molar-refractivity contribution < 1.29 is 14.3 Å². The minimum absolute atomic E-state index is 0.0306. The molecule has 1 atom stereocenters. The van der Waals surface area contributed by atoms with Crippen LogP contribution in [-0.2, 0) is 14.3 Å². The van der Waals surface area contributed by atoms with Gasteiger partial charge in [-0.1, -0.05) is 12.2 Å². The van der Waals surface area contributed by atoms with Crippen LogP contribution in [-0.4, -0.2) is 18.4 Å². The van der Waals surface area contributed by atoms with Crippen molar-refractivity contribution in [2.24, 2.45) is 5.41 Å². The molecule has 0 N–H and O–H groups in total. The van der Waals surface area contributed by atoms with Gasteiger partial charge in [-0.15, -0.1) is 0 Å². The molecule has 0 fully saturated rings. The van der Waals surface area contributed by atoms with E-state index in [-0.39, 0.29) is 5.78 Å². The van der Waals surface area contributed by atoms with E-state index in [2.05, 4.69) is 0 Å². The molecule has 1 aliphatic rings. The van der Waals surface area contributed by atoms with E-state index in [0.29, 0.717) is 13.0 Å². The van der Waals surface area contributed by atoms with Crippen LogP contribution in [0.5, 0.6) is 0 Å². The number of hydrogen-bond donors (Lipinski definition) is 0. The first kappa shape index (κ1) is 12.0. The van der Waals surface area contributed by atoms with Gasteiger partial charge >= 0.3 is 5.97 Å². The Balaban J connectivity index is 2.88. The molecule has 0 aromatic rings. The maximum atomic E-state index is 11.9. The number of ketones is 1. The highest BCUT2D eigenvalue weighted by atomic mass is 16.5. The SMILES string of the molecule is CCOC(=O)C1(C)/C=C\CCCCC1=O. The summed E-state index contributed by atoms with van der Waals surface area (Å²) in [5, 5.41) is 0. The van der Waals surface area contributed by atoms with Crippen LogP contribution in [0, 0.1) is 5.41 Å². The minimum atomic E-state index is -1.06. The molecule has 3 heteroatoms. The lowest BCUT2D eigenvalue weighted by atomic mass is 9.81. The molecule has 1 unspecified atom stereocenters. The minimum Gasteiger partial charge on any atom is -0.465 e. The van der Waals surface area contributed by atoms with Gasteiger partial charge in [-0.05, 0) is 33.1 Å². The van der Waals surface area contributed by atoms with Gasteiger partial charge in [0.15, 0.2) is 5.78 Å². The Morgan fingerprint density at radius 1 is 1.53 bits per heavy atom. The molecule has 0 saturated carbocycles. The smallest absolute Gasteiger partial charge is 0.323 e. The highest BCUT2D eigenvalue weighted by Gasteiger charge is 2.39. The summed E-state index contributed by atoms with van der Waals surface area (Å²) >= 11 is 0. The molecule has 0 aromatic heterocycles. The van der Waals surface area contributed by atoms with Crippen molar-refractivity contribution in [1.29, 1.82) is 0 Å². The standard InChI is InChI=1S/C12H18O3/c1-3-15-11(14)12(2)9-7-5-4-6-8-10(12)13/h7,9H,3-6,8H2,1-2H3/b9-7-. The fraction of sp³-hybridized carbons (Fsp3) is 0.667. The molecule has 0 aliphatic heterocycles. The second kappa shape index (κ2) is 5.10. The molecular weight excluding hydrogens is 192 g/mol. The van der Waals surface area contributed by atoms with Crippen molar-refractivity contribution in [3.63, 3.8) is 0 Å². The molecule has 3 nitrogen and oxygen atoms in total. The lowest BCUT2D eigenvalue weighted by molar-refractivity contribution is -0.155. The van der Waals surface area contributed by atoms with Crippen LogP contribution in [0.2, 0.25) is 0 Å². The summed E-state index contributed by atoms with van der Waals surface area (Å²) in [6.07, 6.45) is 6.89. The molecule has 0 spiro atoms. The van der Waals surface area contributed by atoms with Crippen molar-refractivity contribution in [2.45, 2.75) is 39.5 Å². The lowest BCUT2D eigenvalue weighted by Crippen LogP contribution is -2.36. The number of esters is 1. The van der Waals surface area contributed by atoms with E-state index in [9.17, 15) is 9.59 Å². The van der Waals surface area contributed by atoms with E-state index in [1.165, 1.54) is 0 Å². The summed E-state index contributed by atoms with van der Waals surface area (Å²) in [6.45, 7) is 3.71. The van der Waals surface area contributed by atoms with E-state index in [0.717, 1.165) is 19.3 Å². The van der Waals surface area contributed by atoms with Crippen molar-refractivity contribution >= 4 is 11.8 Å². The molecule has 0 amide bonds. The second-order valence-electron chi connectivity index (χ2n) is 3.99. The number of allylic oxidation sites excluding steroid dienone is 1. The van der Waals surface area contributed by atoms with Gasteiger partial charge < -0.3 is 4.74 Å². The number of hydrogen-bond acceptors (Lipinski definition) is 3. The molecule has 84 valence electrons. The first-order valence-corrected chi connectivity index (χ1v) is 5.49. The summed E-state index contributed by atoms with van der Waals surface area (Å²) in [5.41, 5.74) is -1.06. The second-order valence-corrected chi connectivity index (χ2v) is 3.99. The fourth-order valence-corrected chi connectivity index (χ4v) is 1.68. The number of carbonyl (C=O) groups excluding carboxylic acids is 2. The Morgan fingerprint density at radius 3 is 2.93 bits per heavy atom. The molecule has 0 aromatic carbocycles. The number of rotatable bonds is 2. The van der Waals surface area contributed by atoms with Crippen LogP contribution in [0.1, 0.15) is 39.5 Å². The van der Waals surface area contributed by atoms with Crippen LogP contribution in [0.25, 0.3) is 0 Å². The average molecular weight is 210 g/mol. The molecule has 0 radical (unpaired) electrons. The van der Waals surface area contributed by atoms with Crippen LogP contribution < -0.4 is 0 Å². The molecule has 1 aliphatic carbocycles. The van der Waals surface area contributed by atoms with Gasteiger partial charge in [-0.2, -0.15) is 0 Å². The largest absolute Gasteiger partial charge is 0.465 e. The fourth-order valence-electron chi connectivity index (χ4n) is 1.68. The van der Waals surface area contributed by atoms with Crippen molar-refractivity contribution in [3.8, 4) is 0 Å². The van der Waals surface area contributed by atoms with Crippen LogP contribution in [0.15, 0.2) is 12.2 Å².